The van der Waals surface area contributed by atoms with E-state index in [1.54, 1.807) is 5.38 Å². The van der Waals surface area contributed by atoms with Gasteiger partial charge in [0.25, 0.3) is 0 Å². The number of carbonyl (C=O) groups excluding carboxylic acids is 1. The number of methoxy groups -OCH3 is 2. The van der Waals surface area contributed by atoms with Gasteiger partial charge in [-0.2, -0.15) is 0 Å². The Balaban J connectivity index is 2.58. The van der Waals surface area contributed by atoms with E-state index < -0.39 is 6.29 Å². The molecule has 14 heavy (non-hydrogen) atoms. The molecule has 0 unspecified atom stereocenters. The van der Waals surface area contributed by atoms with E-state index in [9.17, 15) is 4.79 Å². The topological polar surface area (TPSA) is 48.4 Å². The van der Waals surface area contributed by atoms with Crippen LogP contribution in [0.1, 0.15) is 21.9 Å². The zero-order valence-corrected chi connectivity index (χ0v) is 9.26. The highest BCUT2D eigenvalue weighted by Gasteiger charge is 2.15. The molecule has 0 saturated heterocycles. The molecule has 4 nitrogen and oxygen atoms in total. The van der Waals surface area contributed by atoms with Gasteiger partial charge < -0.3 is 9.47 Å². The standard InChI is InChI=1S/C9H13NO3S/c1-6-10-7(5-14-6)8(11)4-9(12-2)13-3/h5,9H,4H2,1-3H3. The monoisotopic (exact) mass is 215 g/mol. The van der Waals surface area contributed by atoms with E-state index >= 15 is 0 Å². The summed E-state index contributed by atoms with van der Waals surface area (Å²) in [6.45, 7) is 1.87. The van der Waals surface area contributed by atoms with Crippen LogP contribution in [0, 0.1) is 6.92 Å². The highest BCUT2D eigenvalue weighted by atomic mass is 32.1. The van der Waals surface area contributed by atoms with E-state index in [1.807, 2.05) is 6.92 Å². The number of Topliss-reactive ketones (excluding diaryl/α,β-unsaturated/α-hetero) is 1. The fourth-order valence-electron chi connectivity index (χ4n) is 1.01. The van der Waals surface area contributed by atoms with Crippen LogP contribution in [0.4, 0.5) is 0 Å². The number of aryl methyl sites for hydroxylation is 1. The Bertz CT molecular complexity index is 307. The molecule has 0 aliphatic carbocycles. The molecule has 1 aromatic rings. The van der Waals surface area contributed by atoms with Crippen LogP contribution in [0.15, 0.2) is 5.38 Å². The number of ketones is 1. The fraction of sp³-hybridized carbons (Fsp3) is 0.556. The van der Waals surface area contributed by atoms with E-state index in [4.69, 9.17) is 9.47 Å². The molecule has 0 aromatic carbocycles. The normalized spacial score (nSPS) is 10.9. The average Bonchev–Trinajstić information content (AvgIpc) is 2.61. The van der Waals surface area contributed by atoms with Gasteiger partial charge >= 0.3 is 0 Å². The van der Waals surface area contributed by atoms with Crippen LogP contribution in [0.5, 0.6) is 0 Å². The Hall–Kier alpha value is -0.780. The Kier molecular flexibility index (Phi) is 4.19. The summed E-state index contributed by atoms with van der Waals surface area (Å²) in [5.41, 5.74) is 0.492. The number of aromatic nitrogens is 1. The molecule has 1 rings (SSSR count). The quantitative estimate of drug-likeness (QED) is 0.553. The summed E-state index contributed by atoms with van der Waals surface area (Å²) in [7, 11) is 3.02. The van der Waals surface area contributed by atoms with Crippen LogP contribution >= 0.6 is 11.3 Å². The second-order valence-electron chi connectivity index (χ2n) is 2.78. The molecule has 1 aromatic heterocycles. The smallest absolute Gasteiger partial charge is 0.187 e. The van der Waals surface area contributed by atoms with Gasteiger partial charge in [-0.25, -0.2) is 4.98 Å². The fourth-order valence-corrected chi connectivity index (χ4v) is 1.63. The minimum Gasteiger partial charge on any atom is -0.355 e. The predicted octanol–water partition coefficient (Wildman–Crippen LogP) is 1.64. The van der Waals surface area contributed by atoms with Crippen molar-refractivity contribution in [1.29, 1.82) is 0 Å². The van der Waals surface area contributed by atoms with Crippen LogP contribution in [0.25, 0.3) is 0 Å². The summed E-state index contributed by atoms with van der Waals surface area (Å²) in [6.07, 6.45) is -0.277. The third kappa shape index (κ3) is 2.87. The van der Waals surface area contributed by atoms with Gasteiger partial charge in [-0.3, -0.25) is 4.79 Å². The molecular weight excluding hydrogens is 202 g/mol. The third-order valence-corrected chi connectivity index (χ3v) is 2.56. The molecule has 1 heterocycles. The minimum atomic E-state index is -0.482. The first-order chi connectivity index (χ1) is 6.67. The second kappa shape index (κ2) is 5.19. The maximum Gasteiger partial charge on any atom is 0.187 e. The molecular formula is C9H13NO3S. The molecule has 0 saturated carbocycles. The molecule has 0 amide bonds. The molecule has 0 atom stereocenters. The Morgan fingerprint density at radius 3 is 2.64 bits per heavy atom. The lowest BCUT2D eigenvalue weighted by Crippen LogP contribution is -2.18. The maximum atomic E-state index is 11.6. The zero-order chi connectivity index (χ0) is 10.6. The first-order valence-electron chi connectivity index (χ1n) is 4.18. The van der Waals surface area contributed by atoms with E-state index in [0.717, 1.165) is 5.01 Å². The van der Waals surface area contributed by atoms with Crippen LogP contribution < -0.4 is 0 Å². The molecule has 0 fully saturated rings. The molecule has 0 aliphatic heterocycles. The zero-order valence-electron chi connectivity index (χ0n) is 8.44. The van der Waals surface area contributed by atoms with Crippen molar-refractivity contribution < 1.29 is 14.3 Å². The maximum absolute atomic E-state index is 11.6. The average molecular weight is 215 g/mol. The number of rotatable bonds is 5. The van der Waals surface area contributed by atoms with Crippen LogP contribution in [-0.2, 0) is 9.47 Å². The first kappa shape index (κ1) is 11.3. The summed E-state index contributed by atoms with van der Waals surface area (Å²) in [5, 5.41) is 2.64. The van der Waals surface area contributed by atoms with Crippen molar-refractivity contribution in [3.05, 3.63) is 16.1 Å². The van der Waals surface area contributed by atoms with Gasteiger partial charge in [0.1, 0.15) is 5.69 Å². The molecule has 0 aliphatic rings. The molecule has 0 radical (unpaired) electrons. The molecule has 0 N–H and O–H groups in total. The van der Waals surface area contributed by atoms with E-state index in [-0.39, 0.29) is 12.2 Å². The van der Waals surface area contributed by atoms with Crippen molar-refractivity contribution in [3.8, 4) is 0 Å². The van der Waals surface area contributed by atoms with Gasteiger partial charge in [-0.15, -0.1) is 11.3 Å². The summed E-state index contributed by atoms with van der Waals surface area (Å²) in [4.78, 5) is 15.7. The van der Waals surface area contributed by atoms with Gasteiger partial charge in [-0.05, 0) is 6.92 Å². The van der Waals surface area contributed by atoms with Crippen LogP contribution in [0.3, 0.4) is 0 Å². The van der Waals surface area contributed by atoms with Crippen molar-refractivity contribution >= 4 is 17.1 Å². The summed E-state index contributed by atoms with van der Waals surface area (Å²) in [5.74, 6) is -0.0527. The molecule has 5 heteroatoms. The minimum absolute atomic E-state index is 0.0527. The Morgan fingerprint density at radius 1 is 1.57 bits per heavy atom. The highest BCUT2D eigenvalue weighted by molar-refractivity contribution is 7.09. The van der Waals surface area contributed by atoms with Gasteiger partial charge in [0, 0.05) is 19.6 Å². The third-order valence-electron chi connectivity index (χ3n) is 1.78. The van der Waals surface area contributed by atoms with Gasteiger partial charge in [0.2, 0.25) is 0 Å². The largest absolute Gasteiger partial charge is 0.355 e. The highest BCUT2D eigenvalue weighted by Crippen LogP contribution is 2.11. The van der Waals surface area contributed by atoms with Crippen molar-refractivity contribution in [2.75, 3.05) is 14.2 Å². The molecule has 78 valence electrons. The van der Waals surface area contributed by atoms with Gasteiger partial charge in [-0.1, -0.05) is 0 Å². The van der Waals surface area contributed by atoms with Crippen LogP contribution in [0.2, 0.25) is 0 Å². The van der Waals surface area contributed by atoms with Gasteiger partial charge in [0.15, 0.2) is 12.1 Å². The number of ether oxygens (including phenoxy) is 2. The first-order valence-corrected chi connectivity index (χ1v) is 5.06. The number of thiazole rings is 1. The summed E-state index contributed by atoms with van der Waals surface area (Å²) >= 11 is 1.46. The van der Waals surface area contributed by atoms with Gasteiger partial charge in [0.05, 0.1) is 11.4 Å². The Labute approximate surface area is 86.9 Å². The van der Waals surface area contributed by atoms with Crippen molar-refractivity contribution in [2.24, 2.45) is 0 Å². The lowest BCUT2D eigenvalue weighted by Gasteiger charge is -2.10. The summed E-state index contributed by atoms with van der Waals surface area (Å²) < 4.78 is 9.86. The lowest BCUT2D eigenvalue weighted by atomic mass is 10.2. The second-order valence-corrected chi connectivity index (χ2v) is 3.84. The number of carbonyl (C=O) groups is 1. The number of hydrogen-bond acceptors (Lipinski definition) is 5. The van der Waals surface area contributed by atoms with Crippen molar-refractivity contribution in [2.45, 2.75) is 19.6 Å². The summed E-state index contributed by atoms with van der Waals surface area (Å²) in [6, 6.07) is 0. The Morgan fingerprint density at radius 2 is 2.21 bits per heavy atom. The van der Waals surface area contributed by atoms with E-state index in [2.05, 4.69) is 4.98 Å². The van der Waals surface area contributed by atoms with Crippen molar-refractivity contribution in [3.63, 3.8) is 0 Å². The number of hydrogen-bond donors (Lipinski definition) is 0. The van der Waals surface area contributed by atoms with Crippen LogP contribution in [-0.4, -0.2) is 31.3 Å². The van der Waals surface area contributed by atoms with E-state index in [0.29, 0.717) is 5.69 Å². The molecule has 0 spiro atoms. The number of nitrogens with zero attached hydrogens (tertiary/aromatic N) is 1. The SMILES string of the molecule is COC(CC(=O)c1csc(C)n1)OC. The predicted molar refractivity (Wildman–Crippen MR) is 53.6 cm³/mol. The molecule has 0 bridgehead atoms. The van der Waals surface area contributed by atoms with Crippen molar-refractivity contribution in [1.82, 2.24) is 4.98 Å². The lowest BCUT2D eigenvalue weighted by molar-refractivity contribution is -0.0993. The van der Waals surface area contributed by atoms with E-state index in [1.165, 1.54) is 25.6 Å².